The second-order valence-electron chi connectivity index (χ2n) is 11.0. The lowest BCUT2D eigenvalue weighted by Gasteiger charge is -2.44. The Hall–Kier alpha value is -2.78. The van der Waals surface area contributed by atoms with Crippen molar-refractivity contribution in [1.82, 2.24) is 0 Å². The molecule has 1 aromatic carbocycles. The van der Waals surface area contributed by atoms with E-state index >= 15 is 0 Å². The molecule has 4 rings (SSSR count). The Morgan fingerprint density at radius 2 is 1.74 bits per heavy atom. The highest BCUT2D eigenvalue weighted by atomic mass is 32.1. The van der Waals surface area contributed by atoms with Gasteiger partial charge in [0.25, 0.3) is 0 Å². The number of hydrogen-bond acceptors (Lipinski definition) is 4. The molecule has 35 heavy (non-hydrogen) atoms. The predicted molar refractivity (Wildman–Crippen MR) is 140 cm³/mol. The summed E-state index contributed by atoms with van der Waals surface area (Å²) < 4.78 is 6.09. The van der Waals surface area contributed by atoms with Gasteiger partial charge >= 0.3 is 5.97 Å². The minimum absolute atomic E-state index is 0.0103. The number of para-hydroxylation sites is 1. The van der Waals surface area contributed by atoms with Gasteiger partial charge in [0.15, 0.2) is 0 Å². The summed E-state index contributed by atoms with van der Waals surface area (Å²) in [6.07, 6.45) is 5.16. The van der Waals surface area contributed by atoms with E-state index in [4.69, 9.17) is 4.74 Å². The van der Waals surface area contributed by atoms with Gasteiger partial charge in [-0.1, -0.05) is 37.0 Å². The number of ether oxygens (including phenoxy) is 1. The minimum Gasteiger partial charge on any atom is -0.490 e. The van der Waals surface area contributed by atoms with Gasteiger partial charge in [0.05, 0.1) is 10.6 Å². The molecule has 0 aliphatic heterocycles. The summed E-state index contributed by atoms with van der Waals surface area (Å²) in [6, 6.07) is 11.4. The summed E-state index contributed by atoms with van der Waals surface area (Å²) in [5, 5.41) is 10.0. The Morgan fingerprint density at radius 1 is 1.09 bits per heavy atom. The lowest BCUT2D eigenvalue weighted by atomic mass is 9.80. The van der Waals surface area contributed by atoms with Crippen LogP contribution >= 0.6 is 11.3 Å². The number of nitrogens with zero attached hydrogens (tertiary/aromatic N) is 1. The first kappa shape index (κ1) is 25.3. The third kappa shape index (κ3) is 6.27. The maximum atomic E-state index is 13.9. The summed E-state index contributed by atoms with van der Waals surface area (Å²) in [7, 11) is 0. The number of rotatable bonds is 6. The first-order valence-electron chi connectivity index (χ1n) is 12.6. The summed E-state index contributed by atoms with van der Waals surface area (Å²) in [4.78, 5) is 28.7. The van der Waals surface area contributed by atoms with Crippen LogP contribution in [-0.2, 0) is 4.79 Å². The number of anilines is 1. The molecular formula is C29H35NO4S. The van der Waals surface area contributed by atoms with Crippen molar-refractivity contribution in [2.45, 2.75) is 78.4 Å². The molecule has 2 saturated carbocycles. The molecule has 0 atom stereocenters. The third-order valence-electron chi connectivity index (χ3n) is 6.81. The lowest BCUT2D eigenvalue weighted by Crippen LogP contribution is -2.54. The Bertz CT molecular complexity index is 1110. The van der Waals surface area contributed by atoms with Crippen molar-refractivity contribution in [3.63, 3.8) is 0 Å². The maximum absolute atomic E-state index is 13.9. The van der Waals surface area contributed by atoms with Crippen molar-refractivity contribution >= 4 is 28.9 Å². The molecule has 2 fully saturated rings. The highest BCUT2D eigenvalue weighted by Gasteiger charge is 2.42. The van der Waals surface area contributed by atoms with E-state index in [9.17, 15) is 14.7 Å². The zero-order chi connectivity index (χ0) is 25.2. The summed E-state index contributed by atoms with van der Waals surface area (Å²) in [5.41, 5.74) is 0.296. The van der Waals surface area contributed by atoms with E-state index in [0.29, 0.717) is 29.3 Å². The molecule has 1 N–H and O–H groups in total. The van der Waals surface area contributed by atoms with Crippen LogP contribution in [0.15, 0.2) is 36.4 Å². The van der Waals surface area contributed by atoms with Crippen LogP contribution in [0.5, 0.6) is 5.75 Å². The van der Waals surface area contributed by atoms with Gasteiger partial charge in [0.1, 0.15) is 16.7 Å². The fourth-order valence-electron chi connectivity index (χ4n) is 4.76. The molecule has 0 bridgehead atoms. The first-order chi connectivity index (χ1) is 16.6. The van der Waals surface area contributed by atoms with Gasteiger partial charge in [-0.3, -0.25) is 4.79 Å². The van der Waals surface area contributed by atoms with E-state index in [1.165, 1.54) is 0 Å². The van der Waals surface area contributed by atoms with Crippen molar-refractivity contribution in [1.29, 1.82) is 0 Å². The molecule has 5 nitrogen and oxygen atoms in total. The SMILES string of the molecule is CC(C)(C)C#Cc1cc(N(C(=O)[C@H]2CC[C@H](C)CC2)[C@H]2C[C@@H](Oc3ccccc3)C2)c(C(=O)O)s1. The van der Waals surface area contributed by atoms with Gasteiger partial charge in [-0.05, 0) is 70.6 Å². The van der Waals surface area contributed by atoms with Crippen molar-refractivity contribution in [2.24, 2.45) is 17.3 Å². The summed E-state index contributed by atoms with van der Waals surface area (Å²) >= 11 is 1.16. The van der Waals surface area contributed by atoms with Crippen LogP contribution in [0.1, 0.15) is 80.8 Å². The van der Waals surface area contributed by atoms with E-state index in [1.807, 2.05) is 57.2 Å². The smallest absolute Gasteiger partial charge is 0.348 e. The van der Waals surface area contributed by atoms with Crippen LogP contribution in [0, 0.1) is 29.1 Å². The van der Waals surface area contributed by atoms with Crippen molar-refractivity contribution in [3.05, 3.63) is 46.2 Å². The van der Waals surface area contributed by atoms with Crippen LogP contribution < -0.4 is 9.64 Å². The van der Waals surface area contributed by atoms with Gasteiger partial charge in [-0.15, -0.1) is 11.3 Å². The van der Waals surface area contributed by atoms with Crippen LogP contribution in [0.25, 0.3) is 0 Å². The number of hydrogen-bond donors (Lipinski definition) is 1. The number of carboxylic acids is 1. The summed E-state index contributed by atoms with van der Waals surface area (Å²) in [6.45, 7) is 8.30. The van der Waals surface area contributed by atoms with Crippen LogP contribution in [0.3, 0.4) is 0 Å². The second kappa shape index (κ2) is 10.5. The van der Waals surface area contributed by atoms with E-state index in [-0.39, 0.29) is 34.3 Å². The average Bonchev–Trinajstić information content (AvgIpc) is 3.21. The molecular weight excluding hydrogens is 458 g/mol. The molecule has 2 aromatic rings. The number of benzene rings is 1. The number of thiophene rings is 1. The predicted octanol–water partition coefficient (Wildman–Crippen LogP) is 6.61. The molecule has 0 saturated heterocycles. The molecule has 0 unspecified atom stereocenters. The molecule has 0 spiro atoms. The number of amides is 1. The van der Waals surface area contributed by atoms with E-state index in [0.717, 1.165) is 42.8 Å². The number of carbonyl (C=O) groups is 2. The summed E-state index contributed by atoms with van der Waals surface area (Å²) in [5.74, 6) is 6.75. The molecule has 6 heteroatoms. The second-order valence-corrected chi connectivity index (χ2v) is 12.0. The first-order valence-corrected chi connectivity index (χ1v) is 13.4. The fraction of sp³-hybridized carbons (Fsp3) is 0.517. The van der Waals surface area contributed by atoms with E-state index < -0.39 is 5.97 Å². The Balaban J connectivity index is 1.61. The van der Waals surface area contributed by atoms with E-state index in [1.54, 1.807) is 4.90 Å². The quantitative estimate of drug-likeness (QED) is 0.460. The molecule has 0 radical (unpaired) electrons. The topological polar surface area (TPSA) is 66.8 Å². The van der Waals surface area contributed by atoms with Gasteiger partial charge in [0, 0.05) is 30.2 Å². The molecule has 1 amide bonds. The molecule has 2 aliphatic carbocycles. The van der Waals surface area contributed by atoms with Gasteiger partial charge in [-0.25, -0.2) is 4.79 Å². The van der Waals surface area contributed by atoms with Crippen molar-refractivity contribution < 1.29 is 19.4 Å². The Morgan fingerprint density at radius 3 is 2.34 bits per heavy atom. The third-order valence-corrected chi connectivity index (χ3v) is 7.84. The standard InChI is InChI=1S/C29H35NO4S/c1-19-10-12-20(13-11-19)27(31)30(21-16-23(17-21)34-22-8-6-5-7-9-22)25-18-24(14-15-29(2,3)4)35-26(25)28(32)33/h5-9,18-21,23H,10-13,16-17H2,1-4H3,(H,32,33)/t19-,20-,21-,23+. The lowest BCUT2D eigenvalue weighted by molar-refractivity contribution is -0.124. The average molecular weight is 494 g/mol. The molecule has 1 aromatic heterocycles. The van der Waals surface area contributed by atoms with Gasteiger partial charge in [0.2, 0.25) is 5.91 Å². The maximum Gasteiger partial charge on any atom is 0.348 e. The van der Waals surface area contributed by atoms with Gasteiger partial charge < -0.3 is 14.7 Å². The Labute approximate surface area is 212 Å². The van der Waals surface area contributed by atoms with Crippen molar-refractivity contribution in [3.8, 4) is 17.6 Å². The Kier molecular flexibility index (Phi) is 7.56. The minimum atomic E-state index is -1.01. The highest BCUT2D eigenvalue weighted by molar-refractivity contribution is 7.15. The number of carboxylic acid groups (broad SMARTS) is 1. The zero-order valence-corrected chi connectivity index (χ0v) is 21.9. The fourth-order valence-corrected chi connectivity index (χ4v) is 5.60. The highest BCUT2D eigenvalue weighted by Crippen LogP contribution is 2.40. The molecule has 2 aliphatic rings. The normalized spacial score (nSPS) is 24.0. The number of carbonyl (C=O) groups excluding carboxylic acids is 1. The molecule has 1 heterocycles. The van der Waals surface area contributed by atoms with Crippen molar-refractivity contribution in [2.75, 3.05) is 4.90 Å². The number of aromatic carboxylic acids is 1. The van der Waals surface area contributed by atoms with E-state index in [2.05, 4.69) is 18.8 Å². The van der Waals surface area contributed by atoms with Crippen LogP contribution in [0.2, 0.25) is 0 Å². The zero-order valence-electron chi connectivity index (χ0n) is 21.0. The van der Waals surface area contributed by atoms with Crippen LogP contribution in [-0.4, -0.2) is 29.1 Å². The largest absolute Gasteiger partial charge is 0.490 e. The van der Waals surface area contributed by atoms with Crippen LogP contribution in [0.4, 0.5) is 5.69 Å². The molecule has 186 valence electrons. The monoisotopic (exact) mass is 493 g/mol. The van der Waals surface area contributed by atoms with Gasteiger partial charge in [-0.2, -0.15) is 0 Å².